The highest BCUT2D eigenvalue weighted by Gasteiger charge is 2.13. The Balaban J connectivity index is 2.03. The fourth-order valence-electron chi connectivity index (χ4n) is 1.70. The number of carbonyl (C=O) groups excluding carboxylic acids is 1. The number of carbonyl (C=O) groups is 1. The van der Waals surface area contributed by atoms with Crippen molar-refractivity contribution in [2.24, 2.45) is 4.99 Å². The second-order valence-electron chi connectivity index (χ2n) is 3.67. The minimum Gasteiger partial charge on any atom is -0.357 e. The van der Waals surface area contributed by atoms with E-state index in [1.165, 1.54) is 5.84 Å². The molecule has 0 spiro atoms. The first-order valence-corrected chi connectivity index (χ1v) is 5.69. The zero-order chi connectivity index (χ0) is 11.8. The SMILES string of the molecule is CCC1=NCCN1CCNCCC(=O)NO. The molecule has 1 rings (SSSR count). The van der Waals surface area contributed by atoms with E-state index in [0.29, 0.717) is 13.0 Å². The van der Waals surface area contributed by atoms with E-state index in [-0.39, 0.29) is 5.91 Å². The highest BCUT2D eigenvalue weighted by atomic mass is 16.5. The van der Waals surface area contributed by atoms with E-state index in [9.17, 15) is 4.79 Å². The number of rotatable bonds is 7. The number of hydroxylamine groups is 1. The van der Waals surface area contributed by atoms with Crippen molar-refractivity contribution in [3.63, 3.8) is 0 Å². The zero-order valence-corrected chi connectivity index (χ0v) is 9.70. The second kappa shape index (κ2) is 7.19. The van der Waals surface area contributed by atoms with Crippen molar-refractivity contribution in [2.45, 2.75) is 19.8 Å². The summed E-state index contributed by atoms with van der Waals surface area (Å²) in [5, 5.41) is 11.4. The van der Waals surface area contributed by atoms with Crippen molar-refractivity contribution < 1.29 is 10.0 Å². The molecule has 0 radical (unpaired) electrons. The Kier molecular flexibility index (Phi) is 5.81. The maximum absolute atomic E-state index is 10.7. The number of nitrogens with zero attached hydrogens (tertiary/aromatic N) is 2. The van der Waals surface area contributed by atoms with Gasteiger partial charge in [0.1, 0.15) is 0 Å². The monoisotopic (exact) mass is 228 g/mol. The molecule has 1 heterocycles. The Labute approximate surface area is 95.7 Å². The molecule has 0 saturated carbocycles. The lowest BCUT2D eigenvalue weighted by atomic mass is 10.3. The zero-order valence-electron chi connectivity index (χ0n) is 9.70. The molecule has 1 aliphatic rings. The lowest BCUT2D eigenvalue weighted by Crippen LogP contribution is -2.35. The predicted octanol–water partition coefficient (Wildman–Crippen LogP) is -0.404. The Hall–Kier alpha value is -1.14. The lowest BCUT2D eigenvalue weighted by molar-refractivity contribution is -0.129. The van der Waals surface area contributed by atoms with Gasteiger partial charge < -0.3 is 10.2 Å². The van der Waals surface area contributed by atoms with E-state index in [1.807, 2.05) is 0 Å². The summed E-state index contributed by atoms with van der Waals surface area (Å²) in [6.45, 7) is 6.35. The van der Waals surface area contributed by atoms with Gasteiger partial charge in [0.25, 0.3) is 0 Å². The summed E-state index contributed by atoms with van der Waals surface area (Å²) in [7, 11) is 0. The van der Waals surface area contributed by atoms with E-state index in [0.717, 1.165) is 32.6 Å². The molecule has 1 amide bonds. The van der Waals surface area contributed by atoms with E-state index in [2.05, 4.69) is 22.1 Å². The highest BCUT2D eigenvalue weighted by Crippen LogP contribution is 2.03. The van der Waals surface area contributed by atoms with Crippen LogP contribution in [0.1, 0.15) is 19.8 Å². The molecule has 92 valence electrons. The molecule has 0 bridgehead atoms. The third kappa shape index (κ3) is 4.16. The van der Waals surface area contributed by atoms with Crippen LogP contribution in [0.2, 0.25) is 0 Å². The van der Waals surface area contributed by atoms with Crippen LogP contribution in [0, 0.1) is 0 Å². The molecule has 6 nitrogen and oxygen atoms in total. The Morgan fingerprint density at radius 1 is 1.56 bits per heavy atom. The van der Waals surface area contributed by atoms with Gasteiger partial charge in [-0.3, -0.25) is 15.0 Å². The van der Waals surface area contributed by atoms with E-state index in [1.54, 1.807) is 5.48 Å². The fourth-order valence-corrected chi connectivity index (χ4v) is 1.70. The van der Waals surface area contributed by atoms with Gasteiger partial charge >= 0.3 is 0 Å². The van der Waals surface area contributed by atoms with Crippen LogP contribution in [0.15, 0.2) is 4.99 Å². The first kappa shape index (κ1) is 12.9. The van der Waals surface area contributed by atoms with Gasteiger partial charge in [-0.1, -0.05) is 6.92 Å². The van der Waals surface area contributed by atoms with Crippen LogP contribution in [0.4, 0.5) is 0 Å². The van der Waals surface area contributed by atoms with Crippen molar-refractivity contribution in [1.29, 1.82) is 0 Å². The average molecular weight is 228 g/mol. The number of aliphatic imine (C=N–C) groups is 1. The molecule has 0 aromatic heterocycles. The molecule has 1 aliphatic heterocycles. The molecule has 0 unspecified atom stereocenters. The molecular formula is C10H20N4O2. The molecule has 16 heavy (non-hydrogen) atoms. The van der Waals surface area contributed by atoms with Crippen LogP contribution in [0.5, 0.6) is 0 Å². The van der Waals surface area contributed by atoms with Crippen molar-refractivity contribution in [3.05, 3.63) is 0 Å². The molecule has 0 aliphatic carbocycles. The predicted molar refractivity (Wildman–Crippen MR) is 61.6 cm³/mol. The van der Waals surface area contributed by atoms with E-state index in [4.69, 9.17) is 5.21 Å². The molecule has 0 aromatic rings. The Morgan fingerprint density at radius 3 is 3.06 bits per heavy atom. The fraction of sp³-hybridized carbons (Fsp3) is 0.800. The third-order valence-electron chi connectivity index (χ3n) is 2.56. The molecule has 6 heteroatoms. The minimum absolute atomic E-state index is 0.297. The van der Waals surface area contributed by atoms with Crippen LogP contribution < -0.4 is 10.8 Å². The van der Waals surface area contributed by atoms with Gasteiger partial charge in [-0.25, -0.2) is 5.48 Å². The Bertz CT molecular complexity index is 255. The summed E-state index contributed by atoms with van der Waals surface area (Å²) >= 11 is 0. The van der Waals surface area contributed by atoms with Crippen LogP contribution in [-0.4, -0.2) is 54.6 Å². The maximum Gasteiger partial charge on any atom is 0.244 e. The molecule has 0 fully saturated rings. The van der Waals surface area contributed by atoms with Crippen LogP contribution in [0.25, 0.3) is 0 Å². The maximum atomic E-state index is 10.7. The topological polar surface area (TPSA) is 77.0 Å². The minimum atomic E-state index is -0.357. The van der Waals surface area contributed by atoms with Gasteiger partial charge in [0.05, 0.1) is 12.4 Å². The number of amides is 1. The summed E-state index contributed by atoms with van der Waals surface area (Å²) in [4.78, 5) is 17.4. The van der Waals surface area contributed by atoms with Gasteiger partial charge in [0.15, 0.2) is 0 Å². The largest absolute Gasteiger partial charge is 0.357 e. The van der Waals surface area contributed by atoms with Gasteiger partial charge in [-0.2, -0.15) is 0 Å². The number of amidine groups is 1. The van der Waals surface area contributed by atoms with Crippen LogP contribution >= 0.6 is 0 Å². The second-order valence-corrected chi connectivity index (χ2v) is 3.67. The molecule has 0 aromatic carbocycles. The van der Waals surface area contributed by atoms with E-state index >= 15 is 0 Å². The van der Waals surface area contributed by atoms with E-state index < -0.39 is 0 Å². The number of hydrogen-bond acceptors (Lipinski definition) is 5. The summed E-state index contributed by atoms with van der Waals surface area (Å²) in [6, 6.07) is 0. The standard InChI is InChI=1S/C10H20N4O2/c1-2-9-12-6-8-14(9)7-5-11-4-3-10(15)13-16/h11,16H,2-8H2,1H3,(H,13,15). The van der Waals surface area contributed by atoms with Gasteiger partial charge in [0.2, 0.25) is 5.91 Å². The number of hydrogen-bond donors (Lipinski definition) is 3. The van der Waals surface area contributed by atoms with Gasteiger partial charge in [0, 0.05) is 39.0 Å². The average Bonchev–Trinajstić information content (AvgIpc) is 2.75. The first-order valence-electron chi connectivity index (χ1n) is 5.69. The lowest BCUT2D eigenvalue weighted by Gasteiger charge is -2.19. The third-order valence-corrected chi connectivity index (χ3v) is 2.56. The molecule has 0 atom stereocenters. The van der Waals surface area contributed by atoms with Crippen molar-refractivity contribution in [2.75, 3.05) is 32.7 Å². The smallest absolute Gasteiger partial charge is 0.244 e. The first-order chi connectivity index (χ1) is 7.77. The molecular weight excluding hydrogens is 208 g/mol. The normalized spacial score (nSPS) is 15.1. The Morgan fingerprint density at radius 2 is 2.38 bits per heavy atom. The van der Waals surface area contributed by atoms with Crippen LogP contribution in [-0.2, 0) is 4.79 Å². The summed E-state index contributed by atoms with van der Waals surface area (Å²) in [6.07, 6.45) is 1.28. The molecule has 3 N–H and O–H groups in total. The molecule has 0 saturated heterocycles. The van der Waals surface area contributed by atoms with Gasteiger partial charge in [-0.05, 0) is 0 Å². The van der Waals surface area contributed by atoms with Crippen LogP contribution in [0.3, 0.4) is 0 Å². The quantitative estimate of drug-likeness (QED) is 0.315. The highest BCUT2D eigenvalue weighted by molar-refractivity contribution is 5.83. The summed E-state index contributed by atoms with van der Waals surface area (Å²) in [5.74, 6) is 0.819. The number of nitrogens with one attached hydrogen (secondary N) is 2. The van der Waals surface area contributed by atoms with Crippen molar-refractivity contribution in [3.8, 4) is 0 Å². The summed E-state index contributed by atoms with van der Waals surface area (Å²) < 4.78 is 0. The van der Waals surface area contributed by atoms with Crippen molar-refractivity contribution >= 4 is 11.7 Å². The summed E-state index contributed by atoms with van der Waals surface area (Å²) in [5.41, 5.74) is 1.60. The van der Waals surface area contributed by atoms with Gasteiger partial charge in [-0.15, -0.1) is 0 Å². The van der Waals surface area contributed by atoms with Crippen molar-refractivity contribution in [1.82, 2.24) is 15.7 Å².